The van der Waals surface area contributed by atoms with E-state index < -0.39 is 45.1 Å². The van der Waals surface area contributed by atoms with Crippen molar-refractivity contribution in [2.75, 3.05) is 7.11 Å². The molecular weight excluding hydrogens is 256 g/mol. The molecule has 0 heterocycles. The van der Waals surface area contributed by atoms with Gasteiger partial charge in [-0.2, -0.15) is 4.39 Å². The van der Waals surface area contributed by atoms with E-state index in [1.807, 2.05) is 0 Å². The molecule has 0 fully saturated rings. The highest BCUT2D eigenvalue weighted by atomic mass is 32.2. The summed E-state index contributed by atoms with van der Waals surface area (Å²) in [6.45, 7) is 0. The van der Waals surface area contributed by atoms with Crippen LogP contribution in [-0.2, 0) is 14.9 Å². The Kier molecular flexibility index (Phi) is 5.18. The van der Waals surface area contributed by atoms with Crippen molar-refractivity contribution in [1.82, 2.24) is 0 Å². The van der Waals surface area contributed by atoms with Crippen molar-refractivity contribution in [3.05, 3.63) is 35.0 Å². The van der Waals surface area contributed by atoms with Crippen LogP contribution in [0.4, 0.5) is 17.6 Å². The highest BCUT2D eigenvalue weighted by Crippen LogP contribution is 2.27. The van der Waals surface area contributed by atoms with Crippen LogP contribution in [0, 0.1) is 0 Å². The summed E-state index contributed by atoms with van der Waals surface area (Å²) in [5.74, 6) is -5.84. The van der Waals surface area contributed by atoms with Crippen LogP contribution in [0.2, 0.25) is 0 Å². The fraction of sp³-hybridized carbons (Fsp3) is 0.143. The maximum atomic E-state index is 12.9. The Morgan fingerprint density at radius 3 is 1.94 bits per heavy atom. The second-order valence-electron chi connectivity index (χ2n) is 2.23. The van der Waals surface area contributed by atoms with E-state index in [1.165, 1.54) is 0 Å². The minimum absolute atomic E-state index is 0.526. The van der Waals surface area contributed by atoms with Gasteiger partial charge in [0.1, 0.15) is 27.7 Å². The Balaban J connectivity index is 5.66. The summed E-state index contributed by atoms with van der Waals surface area (Å²) >= 11 is 0. The van der Waals surface area contributed by atoms with Crippen molar-refractivity contribution in [3.63, 3.8) is 0 Å². The lowest BCUT2D eigenvalue weighted by molar-refractivity contribution is 0.271. The number of methoxy groups -OCH3 is 1. The molecule has 0 unspecified atom stereocenters. The van der Waals surface area contributed by atoms with Gasteiger partial charge in [-0.25, -0.2) is 21.6 Å². The molecule has 0 aliphatic heterocycles. The van der Waals surface area contributed by atoms with Crippen molar-refractivity contribution in [2.45, 2.75) is 0 Å². The van der Waals surface area contributed by atoms with Gasteiger partial charge in [0, 0.05) is 0 Å². The Bertz CT molecular complexity index is 449. The summed E-state index contributed by atoms with van der Waals surface area (Å²) < 4.78 is 84.3. The average Bonchev–Trinajstić information content (AvgIpc) is 2.18. The molecule has 16 heavy (non-hydrogen) atoms. The molecule has 0 aliphatic rings. The minimum atomic E-state index is -5.55. The van der Waals surface area contributed by atoms with Gasteiger partial charge in [-0.3, -0.25) is 0 Å². The van der Waals surface area contributed by atoms with Crippen molar-refractivity contribution in [3.8, 4) is 0 Å². The van der Waals surface area contributed by atoms with Crippen LogP contribution in [0.1, 0.15) is 0 Å². The fourth-order valence-electron chi connectivity index (χ4n) is 0.611. The van der Waals surface area contributed by atoms with Crippen LogP contribution in [0.3, 0.4) is 0 Å². The van der Waals surface area contributed by atoms with Crippen LogP contribution in [0.15, 0.2) is 35.0 Å². The van der Waals surface area contributed by atoms with Crippen molar-refractivity contribution in [1.29, 1.82) is 0 Å². The monoisotopic (exact) mass is 261 g/mol. The van der Waals surface area contributed by atoms with E-state index in [4.69, 9.17) is 0 Å². The third kappa shape index (κ3) is 3.35. The molecule has 92 valence electrons. The van der Waals surface area contributed by atoms with Gasteiger partial charge >= 0.3 is 0 Å². The van der Waals surface area contributed by atoms with Gasteiger partial charge < -0.3 is 9.29 Å². The molecule has 0 N–H and O–H groups in total. The minimum Gasteiger partial charge on any atom is -0.744 e. The van der Waals surface area contributed by atoms with E-state index in [0.717, 1.165) is 7.11 Å². The van der Waals surface area contributed by atoms with Gasteiger partial charge in [-0.15, -0.1) is 0 Å². The number of allylic oxidation sites excluding steroid dienone is 2. The largest absolute Gasteiger partial charge is 0.744 e. The Hall–Kier alpha value is -1.35. The quantitative estimate of drug-likeness (QED) is 0.336. The zero-order chi connectivity index (χ0) is 12.9. The Labute approximate surface area is 88.3 Å². The summed E-state index contributed by atoms with van der Waals surface area (Å²) in [7, 11) is -4.80. The lowest BCUT2D eigenvalue weighted by Crippen LogP contribution is -2.04. The first-order chi connectivity index (χ1) is 7.29. The number of rotatable bonds is 4. The molecule has 0 aromatic rings. The number of halogens is 4. The highest BCUT2D eigenvalue weighted by Gasteiger charge is 2.21. The van der Waals surface area contributed by atoms with Gasteiger partial charge in [0.05, 0.1) is 7.11 Å². The summed E-state index contributed by atoms with van der Waals surface area (Å²) in [6, 6.07) is 0. The zero-order valence-corrected chi connectivity index (χ0v) is 8.52. The van der Waals surface area contributed by atoms with Gasteiger partial charge in [0.15, 0.2) is 11.6 Å². The first kappa shape index (κ1) is 14.6. The van der Waals surface area contributed by atoms with Crippen LogP contribution in [-0.4, -0.2) is 20.1 Å². The molecule has 0 aromatic heterocycles. The molecule has 0 saturated carbocycles. The molecule has 0 saturated heterocycles. The SMILES string of the molecule is COC(=C\F)/C(F)=C(F)\C(=C\F)S(=O)(=O)[O-]. The van der Waals surface area contributed by atoms with Crippen LogP contribution in [0.25, 0.3) is 0 Å². The molecule has 0 bridgehead atoms. The van der Waals surface area contributed by atoms with E-state index in [2.05, 4.69) is 4.74 Å². The average molecular weight is 261 g/mol. The van der Waals surface area contributed by atoms with Gasteiger partial charge in [0.25, 0.3) is 0 Å². The van der Waals surface area contributed by atoms with Crippen molar-refractivity contribution >= 4 is 10.1 Å². The molecule has 0 atom stereocenters. The van der Waals surface area contributed by atoms with E-state index in [-0.39, 0.29) is 0 Å². The number of hydrogen-bond donors (Lipinski definition) is 0. The molecule has 4 nitrogen and oxygen atoms in total. The van der Waals surface area contributed by atoms with Crippen molar-refractivity contribution < 1.29 is 35.3 Å². The lowest BCUT2D eigenvalue weighted by atomic mass is 10.4. The summed E-state index contributed by atoms with van der Waals surface area (Å²) in [5, 5.41) is 0. The van der Waals surface area contributed by atoms with E-state index in [9.17, 15) is 30.5 Å². The van der Waals surface area contributed by atoms with Gasteiger partial charge in [-0.1, -0.05) is 0 Å². The van der Waals surface area contributed by atoms with Crippen molar-refractivity contribution in [2.24, 2.45) is 0 Å². The first-order valence-electron chi connectivity index (χ1n) is 3.46. The van der Waals surface area contributed by atoms with E-state index in [1.54, 1.807) is 0 Å². The maximum absolute atomic E-state index is 12.9. The van der Waals surface area contributed by atoms with Crippen LogP contribution < -0.4 is 0 Å². The second-order valence-corrected chi connectivity index (χ2v) is 3.58. The van der Waals surface area contributed by atoms with E-state index >= 15 is 0 Å². The fourth-order valence-corrected chi connectivity index (χ4v) is 1.03. The molecule has 0 radical (unpaired) electrons. The molecule has 0 rings (SSSR count). The Morgan fingerprint density at radius 1 is 1.19 bits per heavy atom. The van der Waals surface area contributed by atoms with E-state index in [0.29, 0.717) is 0 Å². The summed E-state index contributed by atoms with van der Waals surface area (Å²) in [4.78, 5) is -2.08. The predicted molar refractivity (Wildman–Crippen MR) is 44.3 cm³/mol. The first-order valence-corrected chi connectivity index (χ1v) is 4.87. The number of ether oxygens (including phenoxy) is 1. The maximum Gasteiger partial charge on any atom is 0.204 e. The standard InChI is InChI=1S/C7H6F4O4S/c1-15-4(2-8)6(10)7(11)5(3-9)16(12,13)14/h2-3H,1H3,(H,12,13,14)/p-1/b4-2-,5-3-,7-6-. The van der Waals surface area contributed by atoms with Gasteiger partial charge in [0.2, 0.25) is 5.83 Å². The molecule has 9 heteroatoms. The smallest absolute Gasteiger partial charge is 0.204 e. The topological polar surface area (TPSA) is 66.4 Å². The molecule has 0 aliphatic carbocycles. The molecule has 0 spiro atoms. The highest BCUT2D eigenvalue weighted by molar-refractivity contribution is 7.90. The van der Waals surface area contributed by atoms with Gasteiger partial charge in [-0.05, 0) is 0 Å². The normalized spacial score (nSPS) is 15.9. The second kappa shape index (κ2) is 5.66. The third-order valence-electron chi connectivity index (χ3n) is 1.31. The van der Waals surface area contributed by atoms with Crippen LogP contribution >= 0.6 is 0 Å². The van der Waals surface area contributed by atoms with Crippen LogP contribution in [0.5, 0.6) is 0 Å². The molecule has 0 amide bonds. The predicted octanol–water partition coefficient (Wildman–Crippen LogP) is 1.95. The lowest BCUT2D eigenvalue weighted by Gasteiger charge is -2.09. The number of hydrogen-bond acceptors (Lipinski definition) is 4. The Morgan fingerprint density at radius 2 is 1.69 bits per heavy atom. The summed E-state index contributed by atoms with van der Waals surface area (Å²) in [6.07, 6.45) is -1.47. The summed E-state index contributed by atoms with van der Waals surface area (Å²) in [5.41, 5.74) is 0. The molecule has 0 aromatic carbocycles. The zero-order valence-electron chi connectivity index (χ0n) is 7.71. The third-order valence-corrected chi connectivity index (χ3v) is 2.12. The molecular formula is C7H5F4O4S-.